The number of carbonyl (C=O) groups is 2. The summed E-state index contributed by atoms with van der Waals surface area (Å²) in [6, 6.07) is 21.9. The Labute approximate surface area is 261 Å². The first kappa shape index (κ1) is 28.7. The maximum Gasteiger partial charge on any atom is 0.261 e. The van der Waals surface area contributed by atoms with E-state index in [1.54, 1.807) is 69.7 Å². The molecule has 1 unspecified atom stereocenters. The highest BCUT2D eigenvalue weighted by Gasteiger charge is 2.29. The second-order valence-electron chi connectivity index (χ2n) is 10.4. The van der Waals surface area contributed by atoms with Gasteiger partial charge in [0.15, 0.2) is 5.65 Å². The molecule has 1 aliphatic heterocycles. The molecular weight excluding hydrogens is 632 g/mol. The number of amides is 2. The van der Waals surface area contributed by atoms with Crippen LogP contribution in [0.1, 0.15) is 50.5 Å². The Hall–Kier alpha value is -4.41. The molecule has 0 saturated carbocycles. The quantitative estimate of drug-likeness (QED) is 0.246. The third-order valence-corrected chi connectivity index (χ3v) is 8.97. The smallest absolute Gasteiger partial charge is 0.261 e. The Morgan fingerprint density at radius 2 is 1.74 bits per heavy atom. The van der Waals surface area contributed by atoms with Crippen molar-refractivity contribution in [2.75, 3.05) is 18.9 Å². The number of carbonyl (C=O) groups excluding carboxylic acids is 2. The molecule has 2 amide bonds. The van der Waals surface area contributed by atoms with Gasteiger partial charge in [-0.2, -0.15) is 5.10 Å². The largest absolute Gasteiger partial charge is 0.374 e. The molecule has 6 rings (SSSR count). The van der Waals surface area contributed by atoms with Gasteiger partial charge in [0.2, 0.25) is 0 Å². The number of halogens is 2. The second-order valence-corrected chi connectivity index (χ2v) is 11.6. The van der Waals surface area contributed by atoms with Crippen LogP contribution in [0.25, 0.3) is 11.3 Å². The molecule has 43 heavy (non-hydrogen) atoms. The zero-order valence-corrected chi connectivity index (χ0v) is 25.8. The summed E-state index contributed by atoms with van der Waals surface area (Å²) in [7, 11) is 1.57. The van der Waals surface area contributed by atoms with Gasteiger partial charge in [-0.1, -0.05) is 41.9 Å². The van der Waals surface area contributed by atoms with E-state index in [-0.39, 0.29) is 30.0 Å². The molecular formula is C32H28BrClN6O3. The van der Waals surface area contributed by atoms with E-state index in [1.807, 2.05) is 37.3 Å². The predicted molar refractivity (Wildman–Crippen MR) is 170 cm³/mol. The van der Waals surface area contributed by atoms with Gasteiger partial charge in [0.25, 0.3) is 17.4 Å². The molecule has 2 N–H and O–H groups in total. The molecule has 0 radical (unpaired) electrons. The van der Waals surface area contributed by atoms with E-state index in [1.165, 1.54) is 0 Å². The number of anilines is 1. The van der Waals surface area contributed by atoms with Gasteiger partial charge in [0.05, 0.1) is 34.8 Å². The van der Waals surface area contributed by atoms with Crippen LogP contribution >= 0.6 is 27.5 Å². The highest BCUT2D eigenvalue weighted by molar-refractivity contribution is 9.10. The number of hydrogen-bond donors (Lipinski definition) is 2. The van der Waals surface area contributed by atoms with Crippen molar-refractivity contribution in [3.05, 3.63) is 127 Å². The SMILES string of the molecule is CNC(=O)c1ccc(-n2c(=O)c3c(n4ncc(NC(C)c5ccccc5)c24)CN(C(=O)c2ccc(Br)c(Cl)c2)CC3)cc1. The highest BCUT2D eigenvalue weighted by atomic mass is 79.9. The molecule has 0 aliphatic carbocycles. The standard InChI is InChI=1S/C32H28BrClN6O3/c1-19(20-6-4-3-5-7-20)37-27-17-36-40-28-18-38(31(42)22-10-13-25(33)26(34)16-22)15-14-24(28)32(43)39(30(27)40)23-11-8-21(9-12-23)29(41)35-2/h3-13,16-17,19,37H,14-15,18H2,1-2H3,(H,35,41). The van der Waals surface area contributed by atoms with Gasteiger partial charge in [0, 0.05) is 40.8 Å². The fraction of sp³-hybridized carbons (Fsp3) is 0.188. The first-order valence-electron chi connectivity index (χ1n) is 13.8. The van der Waals surface area contributed by atoms with Gasteiger partial charge >= 0.3 is 0 Å². The Bertz CT molecular complexity index is 1920. The van der Waals surface area contributed by atoms with E-state index in [4.69, 9.17) is 16.7 Å². The number of fused-ring (bicyclic) bond motifs is 3. The van der Waals surface area contributed by atoms with E-state index in [9.17, 15) is 14.4 Å². The summed E-state index contributed by atoms with van der Waals surface area (Å²) in [6.45, 7) is 2.62. The summed E-state index contributed by atoms with van der Waals surface area (Å²) in [6.07, 6.45) is 2.07. The summed E-state index contributed by atoms with van der Waals surface area (Å²) in [4.78, 5) is 41.6. The first-order valence-corrected chi connectivity index (χ1v) is 15.0. The maximum absolute atomic E-state index is 14.2. The van der Waals surface area contributed by atoms with Crippen molar-refractivity contribution in [2.24, 2.45) is 0 Å². The van der Waals surface area contributed by atoms with Gasteiger partial charge in [-0.15, -0.1) is 0 Å². The van der Waals surface area contributed by atoms with Gasteiger partial charge in [0.1, 0.15) is 0 Å². The highest BCUT2D eigenvalue weighted by Crippen LogP contribution is 2.29. The minimum atomic E-state index is -0.213. The van der Waals surface area contributed by atoms with E-state index >= 15 is 0 Å². The molecule has 3 aromatic carbocycles. The molecule has 1 aliphatic rings. The zero-order valence-electron chi connectivity index (χ0n) is 23.5. The van der Waals surface area contributed by atoms with Crippen LogP contribution < -0.4 is 16.2 Å². The van der Waals surface area contributed by atoms with Crippen LogP contribution in [0.5, 0.6) is 0 Å². The third-order valence-electron chi connectivity index (χ3n) is 7.73. The van der Waals surface area contributed by atoms with E-state index in [0.717, 1.165) is 5.56 Å². The lowest BCUT2D eigenvalue weighted by Crippen LogP contribution is -2.41. The van der Waals surface area contributed by atoms with Gasteiger partial charge in [-0.05, 0) is 77.3 Å². The Morgan fingerprint density at radius 3 is 2.44 bits per heavy atom. The Morgan fingerprint density at radius 1 is 1.02 bits per heavy atom. The first-order chi connectivity index (χ1) is 20.8. The van der Waals surface area contributed by atoms with Gasteiger partial charge < -0.3 is 15.5 Å². The van der Waals surface area contributed by atoms with Crippen molar-refractivity contribution in [1.82, 2.24) is 24.4 Å². The zero-order chi connectivity index (χ0) is 30.2. The minimum absolute atomic E-state index is 0.0790. The third kappa shape index (κ3) is 5.32. The van der Waals surface area contributed by atoms with Crippen LogP contribution in [0, 0.1) is 0 Å². The summed E-state index contributed by atoms with van der Waals surface area (Å²) in [5.41, 5.74) is 4.89. The molecule has 9 nitrogen and oxygen atoms in total. The van der Waals surface area contributed by atoms with Crippen LogP contribution in [0.3, 0.4) is 0 Å². The molecule has 3 heterocycles. The molecule has 11 heteroatoms. The summed E-state index contributed by atoms with van der Waals surface area (Å²) in [5, 5.41) is 11.3. The van der Waals surface area contributed by atoms with Crippen LogP contribution in [0.4, 0.5) is 5.69 Å². The van der Waals surface area contributed by atoms with Crippen molar-refractivity contribution in [3.8, 4) is 5.69 Å². The van der Waals surface area contributed by atoms with Crippen LogP contribution in [-0.2, 0) is 13.0 Å². The average Bonchev–Trinajstić information content (AvgIpc) is 3.45. The summed E-state index contributed by atoms with van der Waals surface area (Å²) < 4.78 is 4.09. The topological polar surface area (TPSA) is 101 Å². The molecule has 218 valence electrons. The van der Waals surface area contributed by atoms with Crippen molar-refractivity contribution >= 4 is 50.7 Å². The van der Waals surface area contributed by atoms with E-state index in [2.05, 4.69) is 26.6 Å². The van der Waals surface area contributed by atoms with Crippen LogP contribution in [0.15, 0.2) is 88.3 Å². The fourth-order valence-electron chi connectivity index (χ4n) is 5.45. The molecule has 0 saturated heterocycles. The fourth-order valence-corrected chi connectivity index (χ4v) is 5.88. The van der Waals surface area contributed by atoms with Crippen molar-refractivity contribution < 1.29 is 9.59 Å². The van der Waals surface area contributed by atoms with Gasteiger partial charge in [-0.25, -0.2) is 4.52 Å². The summed E-state index contributed by atoms with van der Waals surface area (Å²) in [5.74, 6) is -0.389. The van der Waals surface area contributed by atoms with Crippen molar-refractivity contribution in [2.45, 2.75) is 25.9 Å². The van der Waals surface area contributed by atoms with E-state index in [0.29, 0.717) is 61.9 Å². The molecule has 0 bridgehead atoms. The average molecular weight is 660 g/mol. The van der Waals surface area contributed by atoms with Crippen molar-refractivity contribution in [3.63, 3.8) is 0 Å². The van der Waals surface area contributed by atoms with Crippen molar-refractivity contribution in [1.29, 1.82) is 0 Å². The van der Waals surface area contributed by atoms with E-state index < -0.39 is 0 Å². The Balaban J connectivity index is 1.47. The normalized spacial score (nSPS) is 13.4. The number of rotatable bonds is 6. The monoisotopic (exact) mass is 658 g/mol. The van der Waals surface area contributed by atoms with Crippen LogP contribution in [-0.4, -0.2) is 44.5 Å². The number of nitrogens with zero attached hydrogens (tertiary/aromatic N) is 4. The second kappa shape index (κ2) is 11.7. The van der Waals surface area contributed by atoms with Crippen LogP contribution in [0.2, 0.25) is 5.02 Å². The number of hydrogen-bond acceptors (Lipinski definition) is 5. The lowest BCUT2D eigenvalue weighted by molar-refractivity contribution is 0.0729. The minimum Gasteiger partial charge on any atom is -0.374 e. The Kier molecular flexibility index (Phi) is 7.81. The predicted octanol–water partition coefficient (Wildman–Crippen LogP) is 5.63. The molecule has 0 spiro atoms. The molecule has 1 atom stereocenters. The number of nitrogens with one attached hydrogen (secondary N) is 2. The maximum atomic E-state index is 14.2. The number of benzene rings is 3. The summed E-state index contributed by atoms with van der Waals surface area (Å²) >= 11 is 9.65. The molecule has 2 aromatic heterocycles. The lowest BCUT2D eigenvalue weighted by atomic mass is 10.0. The molecule has 0 fully saturated rings. The lowest BCUT2D eigenvalue weighted by Gasteiger charge is -2.30. The molecule has 5 aromatic rings. The number of aromatic nitrogens is 3. The van der Waals surface area contributed by atoms with Gasteiger partial charge in [-0.3, -0.25) is 19.0 Å².